The summed E-state index contributed by atoms with van der Waals surface area (Å²) in [4.78, 5) is 15.7. The normalized spacial score (nSPS) is 9.55. The van der Waals surface area contributed by atoms with Crippen LogP contribution in [0.1, 0.15) is 17.0 Å². The maximum absolute atomic E-state index is 11.9. The van der Waals surface area contributed by atoms with Crippen LogP contribution in [0.2, 0.25) is 0 Å². The highest BCUT2D eigenvalue weighted by Crippen LogP contribution is 2.10. The number of aryl methyl sites for hydroxylation is 1. The molecule has 6 heteroatoms. The van der Waals surface area contributed by atoms with E-state index in [0.29, 0.717) is 5.69 Å². The topological polar surface area (TPSA) is 94.5 Å². The molecule has 1 amide bonds. The Morgan fingerprint density at radius 2 is 2.20 bits per heavy atom. The van der Waals surface area contributed by atoms with Crippen LogP contribution < -0.4 is 5.32 Å². The van der Waals surface area contributed by atoms with Crippen LogP contribution in [0.15, 0.2) is 30.6 Å². The minimum Gasteiger partial charge on any atom is -0.325 e. The summed E-state index contributed by atoms with van der Waals surface area (Å²) in [6.07, 6.45) is 1.31. The highest BCUT2D eigenvalue weighted by Gasteiger charge is 2.12. The van der Waals surface area contributed by atoms with E-state index < -0.39 is 0 Å². The first kappa shape index (κ1) is 13.3. The van der Waals surface area contributed by atoms with Gasteiger partial charge in [0.05, 0.1) is 6.33 Å². The van der Waals surface area contributed by atoms with Gasteiger partial charge in [0.2, 0.25) is 5.91 Å². The summed E-state index contributed by atoms with van der Waals surface area (Å²) in [6, 6.07) is 11.1. The van der Waals surface area contributed by atoms with E-state index in [-0.39, 0.29) is 23.8 Å². The highest BCUT2D eigenvalue weighted by molar-refractivity contribution is 5.90. The van der Waals surface area contributed by atoms with E-state index in [1.165, 1.54) is 10.9 Å². The second-order valence-electron chi connectivity index (χ2n) is 4.21. The number of nitrogens with zero attached hydrogens (tertiary/aromatic N) is 4. The van der Waals surface area contributed by atoms with Crippen molar-refractivity contribution in [3.05, 3.63) is 47.5 Å². The standard InChI is InChI=1S/C14H11N5O/c1-10-3-2-4-11(5-10)18-14(20)8-19-9-17-12(6-15)13(19)7-16/h2-5,9H,8H2,1H3,(H,18,20). The Morgan fingerprint density at radius 3 is 2.85 bits per heavy atom. The van der Waals surface area contributed by atoms with Gasteiger partial charge in [0, 0.05) is 5.69 Å². The summed E-state index contributed by atoms with van der Waals surface area (Å²) in [5.41, 5.74) is 1.84. The fourth-order valence-electron chi connectivity index (χ4n) is 1.78. The molecule has 98 valence electrons. The van der Waals surface area contributed by atoms with Crippen molar-refractivity contribution in [2.24, 2.45) is 0 Å². The fraction of sp³-hybridized carbons (Fsp3) is 0.143. The largest absolute Gasteiger partial charge is 0.325 e. The van der Waals surface area contributed by atoms with E-state index >= 15 is 0 Å². The zero-order valence-electron chi connectivity index (χ0n) is 10.8. The van der Waals surface area contributed by atoms with Crippen LogP contribution in [-0.4, -0.2) is 15.5 Å². The number of hydrogen-bond acceptors (Lipinski definition) is 4. The SMILES string of the molecule is Cc1cccc(NC(=O)Cn2cnc(C#N)c2C#N)c1. The van der Waals surface area contributed by atoms with Gasteiger partial charge in [-0.1, -0.05) is 12.1 Å². The van der Waals surface area contributed by atoms with Crippen molar-refractivity contribution in [3.63, 3.8) is 0 Å². The lowest BCUT2D eigenvalue weighted by molar-refractivity contribution is -0.116. The molecule has 0 aliphatic carbocycles. The highest BCUT2D eigenvalue weighted by atomic mass is 16.1. The molecule has 1 aromatic heterocycles. The summed E-state index contributed by atoms with van der Waals surface area (Å²) in [6.45, 7) is 1.87. The average Bonchev–Trinajstić information content (AvgIpc) is 2.80. The summed E-state index contributed by atoms with van der Waals surface area (Å²) >= 11 is 0. The Balaban J connectivity index is 2.11. The fourth-order valence-corrected chi connectivity index (χ4v) is 1.78. The molecule has 0 saturated carbocycles. The number of hydrogen-bond donors (Lipinski definition) is 1. The van der Waals surface area contributed by atoms with Crippen molar-refractivity contribution in [1.82, 2.24) is 9.55 Å². The summed E-state index contributed by atoms with van der Waals surface area (Å²) in [5.74, 6) is -0.283. The van der Waals surface area contributed by atoms with E-state index in [0.717, 1.165) is 5.56 Å². The van der Waals surface area contributed by atoms with Crippen LogP contribution in [0.3, 0.4) is 0 Å². The van der Waals surface area contributed by atoms with Gasteiger partial charge < -0.3 is 9.88 Å². The van der Waals surface area contributed by atoms with Crippen molar-refractivity contribution < 1.29 is 4.79 Å². The first-order chi connectivity index (χ1) is 9.63. The third kappa shape index (κ3) is 2.82. The van der Waals surface area contributed by atoms with Crippen LogP contribution in [-0.2, 0) is 11.3 Å². The quantitative estimate of drug-likeness (QED) is 0.911. The smallest absolute Gasteiger partial charge is 0.244 e. The van der Waals surface area contributed by atoms with Crippen LogP contribution in [0, 0.1) is 29.6 Å². The average molecular weight is 265 g/mol. The second-order valence-corrected chi connectivity index (χ2v) is 4.21. The molecule has 20 heavy (non-hydrogen) atoms. The van der Waals surface area contributed by atoms with Crippen molar-refractivity contribution in [3.8, 4) is 12.1 Å². The number of anilines is 1. The number of rotatable bonds is 3. The Hall–Kier alpha value is -3.12. The Morgan fingerprint density at radius 1 is 1.40 bits per heavy atom. The van der Waals surface area contributed by atoms with Gasteiger partial charge in [-0.15, -0.1) is 0 Å². The number of aromatic nitrogens is 2. The number of carbonyl (C=O) groups excluding carboxylic acids is 1. The van der Waals surface area contributed by atoms with E-state index in [9.17, 15) is 4.79 Å². The predicted molar refractivity (Wildman–Crippen MR) is 71.5 cm³/mol. The van der Waals surface area contributed by atoms with Crippen molar-refractivity contribution in [2.45, 2.75) is 13.5 Å². The molecule has 0 atom stereocenters. The van der Waals surface area contributed by atoms with E-state index in [2.05, 4.69) is 10.3 Å². The van der Waals surface area contributed by atoms with Gasteiger partial charge in [-0.05, 0) is 24.6 Å². The lowest BCUT2D eigenvalue weighted by Crippen LogP contribution is -2.19. The molecule has 0 bridgehead atoms. The van der Waals surface area contributed by atoms with Crippen molar-refractivity contribution >= 4 is 11.6 Å². The third-order valence-electron chi connectivity index (χ3n) is 2.67. The first-order valence-corrected chi connectivity index (χ1v) is 5.86. The molecule has 0 saturated heterocycles. The third-order valence-corrected chi connectivity index (χ3v) is 2.67. The Kier molecular flexibility index (Phi) is 3.78. The van der Waals surface area contributed by atoms with Gasteiger partial charge in [-0.25, -0.2) is 4.98 Å². The number of amides is 1. The van der Waals surface area contributed by atoms with E-state index in [1.54, 1.807) is 6.07 Å². The number of nitriles is 2. The first-order valence-electron chi connectivity index (χ1n) is 5.86. The van der Waals surface area contributed by atoms with Crippen LogP contribution >= 0.6 is 0 Å². The molecular formula is C14H11N5O. The van der Waals surface area contributed by atoms with Crippen LogP contribution in [0.25, 0.3) is 0 Å². The van der Waals surface area contributed by atoms with E-state index in [4.69, 9.17) is 10.5 Å². The van der Waals surface area contributed by atoms with Crippen LogP contribution in [0.5, 0.6) is 0 Å². The van der Waals surface area contributed by atoms with E-state index in [1.807, 2.05) is 37.3 Å². The molecule has 0 aliphatic heterocycles. The Labute approximate surface area is 115 Å². The molecule has 2 rings (SSSR count). The number of imidazole rings is 1. The molecule has 0 unspecified atom stereocenters. The molecule has 0 radical (unpaired) electrons. The molecule has 0 aliphatic rings. The second kappa shape index (κ2) is 5.68. The van der Waals surface area contributed by atoms with Gasteiger partial charge in [0.1, 0.15) is 18.7 Å². The monoisotopic (exact) mass is 265 g/mol. The Bertz CT molecular complexity index is 733. The number of carbonyl (C=O) groups is 1. The number of benzene rings is 1. The van der Waals surface area contributed by atoms with Crippen LogP contribution in [0.4, 0.5) is 5.69 Å². The molecule has 0 spiro atoms. The molecule has 1 heterocycles. The molecule has 0 fully saturated rings. The lowest BCUT2D eigenvalue weighted by atomic mass is 10.2. The van der Waals surface area contributed by atoms with Gasteiger partial charge in [-0.2, -0.15) is 10.5 Å². The zero-order chi connectivity index (χ0) is 14.5. The van der Waals surface area contributed by atoms with Crippen molar-refractivity contribution in [2.75, 3.05) is 5.32 Å². The summed E-state index contributed by atoms with van der Waals surface area (Å²) in [5, 5.41) is 20.5. The molecule has 1 N–H and O–H groups in total. The minimum atomic E-state index is -0.283. The van der Waals surface area contributed by atoms with Gasteiger partial charge in [-0.3, -0.25) is 4.79 Å². The summed E-state index contributed by atoms with van der Waals surface area (Å²) < 4.78 is 1.35. The summed E-state index contributed by atoms with van der Waals surface area (Å²) in [7, 11) is 0. The van der Waals surface area contributed by atoms with Gasteiger partial charge in [0.15, 0.2) is 11.4 Å². The lowest BCUT2D eigenvalue weighted by Gasteiger charge is -2.07. The molecule has 6 nitrogen and oxygen atoms in total. The number of nitrogens with one attached hydrogen (secondary N) is 1. The van der Waals surface area contributed by atoms with Gasteiger partial charge in [0.25, 0.3) is 0 Å². The maximum atomic E-state index is 11.9. The zero-order valence-corrected chi connectivity index (χ0v) is 10.8. The minimum absolute atomic E-state index is 0.0239. The van der Waals surface area contributed by atoms with Gasteiger partial charge >= 0.3 is 0 Å². The molecule has 2 aromatic rings. The predicted octanol–water partition coefficient (Wildman–Crippen LogP) is 1.57. The molecule has 1 aromatic carbocycles. The molecular weight excluding hydrogens is 254 g/mol. The maximum Gasteiger partial charge on any atom is 0.244 e. The van der Waals surface area contributed by atoms with Crippen molar-refractivity contribution in [1.29, 1.82) is 10.5 Å².